The van der Waals surface area contributed by atoms with Crippen LogP contribution in [-0.2, 0) is 57.0 Å². The Morgan fingerprint density at radius 1 is 0.750 bits per heavy atom. The van der Waals surface area contributed by atoms with E-state index in [1.807, 2.05) is 0 Å². The average Bonchev–Trinajstić information content (AvgIpc) is 3.41. The molecule has 2 aliphatic heterocycles. The summed E-state index contributed by atoms with van der Waals surface area (Å²) in [5.41, 5.74) is -3.15. The molecule has 0 aliphatic carbocycles. The average molecular weight is 774 g/mol. The standard InChI is InChI=1S/2C16H27BNO7P/c1-5-16(15(22)23)7-13(20)24-17(25-16)10(3)6-12(19)11(4)18-14(21)9(2)8-26;1-5-16(7-13(20)21)15(23)24-17(25-16)10(3)6-12(19)11(4)18-14(22)9(2)8-26/h9-11H,5-8,26H2,1-4H3,(H,18,21)(H,22,23);9-11H,5-8,26H2,1-4H3,(H,18,22)(H,20,21)/t2*9?,10-,11?,16?/m11/s1. The minimum absolute atomic E-state index is 0.0198. The second-order valence-electron chi connectivity index (χ2n) is 13.6. The molecule has 16 nitrogen and oxygen atoms in total. The molecule has 0 radical (unpaired) electrons. The zero-order valence-electron chi connectivity index (χ0n) is 31.2. The third-order valence-corrected chi connectivity index (χ3v) is 10.6. The van der Waals surface area contributed by atoms with Crippen LogP contribution < -0.4 is 10.6 Å². The normalized spacial score (nSPS) is 23.3. The summed E-state index contributed by atoms with van der Waals surface area (Å²) in [4.78, 5) is 94.9. The van der Waals surface area contributed by atoms with Gasteiger partial charge in [0.15, 0.2) is 22.8 Å². The molecular formula is C32H54B2N2O14P2. The summed E-state index contributed by atoms with van der Waals surface area (Å²) >= 11 is 0. The number of Topliss-reactive ketones (excluding diaryl/α,β-unsaturated/α-hetero) is 2. The number of carbonyl (C=O) groups excluding carboxylic acids is 6. The van der Waals surface area contributed by atoms with Crippen LogP contribution in [0.25, 0.3) is 0 Å². The molecule has 2 fully saturated rings. The van der Waals surface area contributed by atoms with Crippen LogP contribution in [0, 0.1) is 11.8 Å². The highest BCUT2D eigenvalue weighted by Crippen LogP contribution is 2.35. The van der Waals surface area contributed by atoms with Crippen molar-refractivity contribution in [2.75, 3.05) is 12.3 Å². The number of carboxylic acids is 2. The van der Waals surface area contributed by atoms with Gasteiger partial charge in [-0.3, -0.25) is 33.6 Å². The maximum Gasteiger partial charge on any atom is 0.531 e. The first-order valence-corrected chi connectivity index (χ1v) is 19.0. The van der Waals surface area contributed by atoms with Gasteiger partial charge in [0, 0.05) is 36.3 Å². The van der Waals surface area contributed by atoms with Crippen molar-refractivity contribution < 1.29 is 67.2 Å². The molecule has 0 aromatic heterocycles. The molecule has 8 unspecified atom stereocenters. The molecule has 0 aromatic rings. The van der Waals surface area contributed by atoms with E-state index >= 15 is 0 Å². The molecule has 2 heterocycles. The highest BCUT2D eigenvalue weighted by Gasteiger charge is 2.55. The van der Waals surface area contributed by atoms with Gasteiger partial charge in [-0.25, -0.2) is 4.79 Å². The molecule has 292 valence electrons. The van der Waals surface area contributed by atoms with Crippen molar-refractivity contribution in [3.63, 3.8) is 0 Å². The van der Waals surface area contributed by atoms with Crippen LogP contribution in [-0.4, -0.2) is 107 Å². The fraction of sp³-hybridized carbons (Fsp3) is 0.750. The van der Waals surface area contributed by atoms with E-state index in [1.165, 1.54) is 0 Å². The first-order chi connectivity index (χ1) is 24.1. The largest absolute Gasteiger partial charge is 0.531 e. The number of carbonyl (C=O) groups is 8. The van der Waals surface area contributed by atoms with Crippen molar-refractivity contribution >= 4 is 80.0 Å². The Labute approximate surface area is 310 Å². The first-order valence-electron chi connectivity index (χ1n) is 17.4. The van der Waals surface area contributed by atoms with Gasteiger partial charge >= 0.3 is 32.1 Å². The maximum atomic E-state index is 12.4. The maximum absolute atomic E-state index is 12.4. The van der Waals surface area contributed by atoms with Crippen molar-refractivity contribution in [3.05, 3.63) is 0 Å². The molecule has 2 rings (SSSR count). The molecule has 2 saturated heterocycles. The lowest BCUT2D eigenvalue weighted by Crippen LogP contribution is -2.54. The fourth-order valence-electron chi connectivity index (χ4n) is 5.13. The molecule has 52 heavy (non-hydrogen) atoms. The van der Waals surface area contributed by atoms with E-state index in [2.05, 4.69) is 29.1 Å². The van der Waals surface area contributed by atoms with Crippen molar-refractivity contribution in [3.8, 4) is 0 Å². The van der Waals surface area contributed by atoms with Crippen molar-refractivity contribution in [1.29, 1.82) is 0 Å². The van der Waals surface area contributed by atoms with E-state index in [1.54, 1.807) is 55.4 Å². The third-order valence-electron chi connectivity index (χ3n) is 9.19. The summed E-state index contributed by atoms with van der Waals surface area (Å²) in [7, 11) is 2.85. The number of ketones is 2. The first kappa shape index (κ1) is 47.1. The molecule has 4 N–H and O–H groups in total. The summed E-state index contributed by atoms with van der Waals surface area (Å²) in [6, 6.07) is -1.37. The topological polar surface area (TPSA) is 238 Å². The third kappa shape index (κ3) is 13.2. The van der Waals surface area contributed by atoms with Gasteiger partial charge in [-0.05, 0) is 39.0 Å². The number of hydrogen-bond donors (Lipinski definition) is 4. The molecule has 0 bridgehead atoms. The zero-order chi connectivity index (χ0) is 40.1. The number of hydrogen-bond acceptors (Lipinski definition) is 12. The highest BCUT2D eigenvalue weighted by atomic mass is 31.0. The minimum Gasteiger partial charge on any atom is -0.509 e. The zero-order valence-corrected chi connectivity index (χ0v) is 33.5. The number of rotatable bonds is 19. The Balaban J connectivity index is 0.000000520. The van der Waals surface area contributed by atoms with E-state index in [9.17, 15) is 43.5 Å². The second-order valence-corrected chi connectivity index (χ2v) is 14.6. The summed E-state index contributed by atoms with van der Waals surface area (Å²) < 4.78 is 21.4. The van der Waals surface area contributed by atoms with Crippen molar-refractivity contribution in [2.45, 2.75) is 129 Å². The predicted octanol–water partition coefficient (Wildman–Crippen LogP) is 2.07. The number of aliphatic carboxylic acids is 2. The van der Waals surface area contributed by atoms with Crippen LogP contribution in [0.4, 0.5) is 0 Å². The lowest BCUT2D eigenvalue weighted by Gasteiger charge is -2.36. The molecule has 2 aliphatic rings. The highest BCUT2D eigenvalue weighted by molar-refractivity contribution is 7.16. The van der Waals surface area contributed by atoms with Gasteiger partial charge in [0.1, 0.15) is 0 Å². The molecular weight excluding hydrogens is 720 g/mol. The Morgan fingerprint density at radius 3 is 1.56 bits per heavy atom. The summed E-state index contributed by atoms with van der Waals surface area (Å²) in [5.74, 6) is -6.11. The van der Waals surface area contributed by atoms with E-state index in [0.717, 1.165) is 0 Å². The number of carboxylic acid groups (broad SMARTS) is 2. The van der Waals surface area contributed by atoms with Gasteiger partial charge in [0.2, 0.25) is 11.8 Å². The van der Waals surface area contributed by atoms with Gasteiger partial charge in [-0.2, -0.15) is 0 Å². The summed E-state index contributed by atoms with van der Waals surface area (Å²) in [6.07, 6.45) is 0.605. The molecule has 0 saturated carbocycles. The number of nitrogens with one attached hydrogen (secondary N) is 2. The van der Waals surface area contributed by atoms with Crippen molar-refractivity contribution in [2.24, 2.45) is 11.8 Å². The van der Waals surface area contributed by atoms with E-state index in [4.69, 9.17) is 23.7 Å². The summed E-state index contributed by atoms with van der Waals surface area (Å²) in [5, 5.41) is 23.7. The van der Waals surface area contributed by atoms with Crippen LogP contribution in [0.1, 0.15) is 93.9 Å². The predicted molar refractivity (Wildman–Crippen MR) is 197 cm³/mol. The lowest BCUT2D eigenvalue weighted by atomic mass is 9.67. The van der Waals surface area contributed by atoms with Crippen LogP contribution in [0.5, 0.6) is 0 Å². The van der Waals surface area contributed by atoms with Gasteiger partial charge in [0.05, 0.1) is 24.9 Å². The van der Waals surface area contributed by atoms with E-state index < -0.39 is 79.5 Å². The number of amides is 2. The van der Waals surface area contributed by atoms with E-state index in [-0.39, 0.29) is 67.3 Å². The lowest BCUT2D eigenvalue weighted by molar-refractivity contribution is -0.171. The smallest absolute Gasteiger partial charge is 0.509 e. The van der Waals surface area contributed by atoms with Crippen LogP contribution >= 0.6 is 18.5 Å². The summed E-state index contributed by atoms with van der Waals surface area (Å²) in [6.45, 7) is 13.3. The monoisotopic (exact) mass is 774 g/mol. The fourth-order valence-corrected chi connectivity index (χ4v) is 5.56. The SMILES string of the molecule is CCC1(C(=O)O)CC(=O)OB([C@H](C)CC(=O)C(C)NC(=O)C(C)CP)O1.CCC1(CC(=O)O)OB([C@H](C)CC(=O)C(C)NC(=O)C(C)CP)OC1=O. The molecule has 2 amide bonds. The second kappa shape index (κ2) is 21.1. The minimum atomic E-state index is -1.63. The Bertz CT molecular complexity index is 1340. The van der Waals surface area contributed by atoms with Gasteiger partial charge in [-0.15, -0.1) is 18.5 Å². The molecule has 0 spiro atoms. The van der Waals surface area contributed by atoms with Crippen LogP contribution in [0.3, 0.4) is 0 Å². The Hall–Kier alpha value is -2.93. The molecule has 0 aromatic carbocycles. The Morgan fingerprint density at radius 2 is 1.19 bits per heavy atom. The van der Waals surface area contributed by atoms with Crippen LogP contribution in [0.15, 0.2) is 0 Å². The molecule has 20 heteroatoms. The van der Waals surface area contributed by atoms with Gasteiger partial charge in [-0.1, -0.05) is 41.5 Å². The van der Waals surface area contributed by atoms with Gasteiger partial charge < -0.3 is 39.5 Å². The van der Waals surface area contributed by atoms with E-state index in [0.29, 0.717) is 12.3 Å². The quantitative estimate of drug-likeness (QED) is 0.109. The Kier molecular flexibility index (Phi) is 19.1. The van der Waals surface area contributed by atoms with Gasteiger partial charge in [0.25, 0.3) is 5.97 Å². The molecule has 10 atom stereocenters. The van der Waals surface area contributed by atoms with Crippen molar-refractivity contribution in [1.82, 2.24) is 10.6 Å². The van der Waals surface area contributed by atoms with Crippen LogP contribution in [0.2, 0.25) is 11.6 Å².